The number of nitrogens with one attached hydrogen (secondary N) is 2. The Morgan fingerprint density at radius 1 is 1.40 bits per heavy atom. The summed E-state index contributed by atoms with van der Waals surface area (Å²) in [6.07, 6.45) is 0.415. The number of aryl methyl sites for hydroxylation is 1. The van der Waals surface area contributed by atoms with Crippen LogP contribution in [0.2, 0.25) is 0 Å². The summed E-state index contributed by atoms with van der Waals surface area (Å²) < 4.78 is 4.80. The van der Waals surface area contributed by atoms with Crippen LogP contribution in [0.1, 0.15) is 32.5 Å². The number of carboxylic acid groups (broad SMARTS) is 1. The van der Waals surface area contributed by atoms with Gasteiger partial charge in [0.2, 0.25) is 5.89 Å². The first-order valence-corrected chi connectivity index (χ1v) is 6.26. The lowest BCUT2D eigenvalue weighted by Crippen LogP contribution is -2.52. The van der Waals surface area contributed by atoms with Gasteiger partial charge < -0.3 is 20.3 Å². The fourth-order valence-corrected chi connectivity index (χ4v) is 1.56. The van der Waals surface area contributed by atoms with Crippen molar-refractivity contribution >= 4 is 12.0 Å². The second kappa shape index (κ2) is 6.36. The van der Waals surface area contributed by atoms with Crippen molar-refractivity contribution in [2.45, 2.75) is 40.2 Å². The summed E-state index contributed by atoms with van der Waals surface area (Å²) in [7, 11) is 0. The molecule has 3 N–H and O–H groups in total. The van der Waals surface area contributed by atoms with Crippen molar-refractivity contribution < 1.29 is 19.2 Å². The molecule has 0 radical (unpaired) electrons. The fourth-order valence-electron chi connectivity index (χ4n) is 1.56. The minimum Gasteiger partial charge on any atom is -0.480 e. The fraction of sp³-hybridized carbons (Fsp3) is 0.667. The molecular formula is C12H20N4O4. The minimum absolute atomic E-state index is 0.293. The maximum absolute atomic E-state index is 11.7. The van der Waals surface area contributed by atoms with Gasteiger partial charge in [-0.1, -0.05) is 25.9 Å². The Hall–Kier alpha value is -2.12. The molecule has 8 heteroatoms. The summed E-state index contributed by atoms with van der Waals surface area (Å²) in [5.74, 6) is -0.113. The second-order valence-electron chi connectivity index (χ2n) is 5.52. The third-order valence-corrected chi connectivity index (χ3v) is 2.59. The molecule has 1 aromatic heterocycles. The molecule has 1 aromatic rings. The first kappa shape index (κ1) is 15.9. The van der Waals surface area contributed by atoms with Crippen LogP contribution in [0.25, 0.3) is 0 Å². The van der Waals surface area contributed by atoms with Gasteiger partial charge in [0.1, 0.15) is 6.04 Å². The van der Waals surface area contributed by atoms with E-state index in [4.69, 9.17) is 9.63 Å². The van der Waals surface area contributed by atoms with Gasteiger partial charge in [-0.25, -0.2) is 9.59 Å². The Morgan fingerprint density at radius 2 is 2.05 bits per heavy atom. The Labute approximate surface area is 116 Å². The topological polar surface area (TPSA) is 117 Å². The molecular weight excluding hydrogens is 264 g/mol. The molecule has 20 heavy (non-hydrogen) atoms. The van der Waals surface area contributed by atoms with Crippen molar-refractivity contribution in [3.8, 4) is 0 Å². The number of nitrogens with zero attached hydrogens (tertiary/aromatic N) is 2. The number of aromatic nitrogens is 2. The van der Waals surface area contributed by atoms with Crippen molar-refractivity contribution in [1.29, 1.82) is 0 Å². The third-order valence-electron chi connectivity index (χ3n) is 2.59. The summed E-state index contributed by atoms with van der Waals surface area (Å²) in [6, 6.07) is -1.50. The first-order chi connectivity index (χ1) is 9.20. The van der Waals surface area contributed by atoms with Crippen LogP contribution in [0, 0.1) is 12.3 Å². The average molecular weight is 284 g/mol. The Morgan fingerprint density at radius 3 is 2.50 bits per heavy atom. The molecule has 0 unspecified atom stereocenters. The highest BCUT2D eigenvalue weighted by atomic mass is 16.5. The van der Waals surface area contributed by atoms with E-state index in [-0.39, 0.29) is 0 Å². The molecule has 0 bridgehead atoms. The lowest BCUT2D eigenvalue weighted by atomic mass is 9.87. The highest BCUT2D eigenvalue weighted by molar-refractivity contribution is 5.83. The minimum atomic E-state index is -1.07. The molecule has 0 aliphatic rings. The van der Waals surface area contributed by atoms with E-state index in [1.54, 1.807) is 27.7 Å². The van der Waals surface area contributed by atoms with E-state index in [9.17, 15) is 9.59 Å². The van der Waals surface area contributed by atoms with Gasteiger partial charge in [0.15, 0.2) is 5.82 Å². The smallest absolute Gasteiger partial charge is 0.326 e. The standard InChI is InChI=1S/C12H20N4O4/c1-7-14-8(16-20-7)5-6-13-11(19)15-9(10(17)18)12(2,3)4/h9H,5-6H2,1-4H3,(H,17,18)(H2,13,15,19)/t9-/m0/s1. The zero-order valence-corrected chi connectivity index (χ0v) is 12.1. The van der Waals surface area contributed by atoms with Crippen molar-refractivity contribution in [2.75, 3.05) is 6.54 Å². The number of carbonyl (C=O) groups is 2. The molecule has 1 rings (SSSR count). The average Bonchev–Trinajstić information content (AvgIpc) is 2.70. The highest BCUT2D eigenvalue weighted by Crippen LogP contribution is 2.19. The van der Waals surface area contributed by atoms with Crippen LogP contribution in [-0.2, 0) is 11.2 Å². The normalized spacial score (nSPS) is 12.8. The first-order valence-electron chi connectivity index (χ1n) is 6.26. The lowest BCUT2D eigenvalue weighted by molar-refractivity contribution is -0.141. The molecule has 0 saturated heterocycles. The zero-order valence-electron chi connectivity index (χ0n) is 12.1. The largest absolute Gasteiger partial charge is 0.480 e. The van der Waals surface area contributed by atoms with Gasteiger partial charge in [-0.2, -0.15) is 4.98 Å². The molecule has 0 aliphatic carbocycles. The quantitative estimate of drug-likeness (QED) is 0.733. The monoisotopic (exact) mass is 284 g/mol. The second-order valence-corrected chi connectivity index (χ2v) is 5.52. The van der Waals surface area contributed by atoms with E-state index in [0.717, 1.165) is 0 Å². The van der Waals surface area contributed by atoms with Crippen LogP contribution in [0.4, 0.5) is 4.79 Å². The summed E-state index contributed by atoms with van der Waals surface area (Å²) in [5, 5.41) is 17.8. The van der Waals surface area contributed by atoms with E-state index in [0.29, 0.717) is 24.7 Å². The van der Waals surface area contributed by atoms with Crippen LogP contribution in [0.3, 0.4) is 0 Å². The summed E-state index contributed by atoms with van der Waals surface area (Å²) in [4.78, 5) is 26.7. The van der Waals surface area contributed by atoms with E-state index in [1.807, 2.05) is 0 Å². The van der Waals surface area contributed by atoms with Crippen molar-refractivity contribution in [3.05, 3.63) is 11.7 Å². The number of rotatable bonds is 5. The van der Waals surface area contributed by atoms with E-state index < -0.39 is 23.5 Å². The van der Waals surface area contributed by atoms with Gasteiger partial charge in [-0.05, 0) is 5.41 Å². The molecule has 0 fully saturated rings. The van der Waals surface area contributed by atoms with Gasteiger partial charge in [-0.3, -0.25) is 0 Å². The maximum atomic E-state index is 11.7. The Kier molecular flexibility index (Phi) is 5.06. The Bertz CT molecular complexity index is 478. The summed E-state index contributed by atoms with van der Waals surface area (Å²) >= 11 is 0. The predicted molar refractivity (Wildman–Crippen MR) is 70.2 cm³/mol. The number of carbonyl (C=O) groups excluding carboxylic acids is 1. The number of aliphatic carboxylic acids is 1. The van der Waals surface area contributed by atoms with Gasteiger partial charge in [-0.15, -0.1) is 0 Å². The molecule has 0 aliphatic heterocycles. The van der Waals surface area contributed by atoms with Gasteiger partial charge in [0.05, 0.1) is 0 Å². The molecule has 1 heterocycles. The number of carboxylic acids is 1. The molecule has 8 nitrogen and oxygen atoms in total. The van der Waals surface area contributed by atoms with Crippen molar-refractivity contribution in [2.24, 2.45) is 5.41 Å². The lowest BCUT2D eigenvalue weighted by Gasteiger charge is -2.27. The van der Waals surface area contributed by atoms with Crippen LogP contribution in [-0.4, -0.2) is 39.8 Å². The van der Waals surface area contributed by atoms with Crippen LogP contribution >= 0.6 is 0 Å². The molecule has 2 amide bonds. The van der Waals surface area contributed by atoms with Crippen LogP contribution in [0.5, 0.6) is 0 Å². The highest BCUT2D eigenvalue weighted by Gasteiger charge is 2.32. The van der Waals surface area contributed by atoms with Gasteiger partial charge >= 0.3 is 12.0 Å². The zero-order chi connectivity index (χ0) is 15.3. The third kappa shape index (κ3) is 4.87. The number of amides is 2. The molecule has 0 saturated carbocycles. The molecule has 0 aromatic carbocycles. The maximum Gasteiger partial charge on any atom is 0.326 e. The summed E-state index contributed by atoms with van der Waals surface area (Å²) in [5.41, 5.74) is -0.575. The van der Waals surface area contributed by atoms with Crippen molar-refractivity contribution in [1.82, 2.24) is 20.8 Å². The molecule has 112 valence electrons. The van der Waals surface area contributed by atoms with Gasteiger partial charge in [0, 0.05) is 19.9 Å². The summed E-state index contributed by atoms with van der Waals surface area (Å²) in [6.45, 7) is 7.20. The molecule has 0 spiro atoms. The predicted octanol–water partition coefficient (Wildman–Crippen LogP) is 0.719. The van der Waals surface area contributed by atoms with Gasteiger partial charge in [0.25, 0.3) is 0 Å². The number of hydrogen-bond donors (Lipinski definition) is 3. The van der Waals surface area contributed by atoms with E-state index in [1.165, 1.54) is 0 Å². The number of urea groups is 1. The van der Waals surface area contributed by atoms with Crippen LogP contribution < -0.4 is 10.6 Å². The van der Waals surface area contributed by atoms with Crippen LogP contribution in [0.15, 0.2) is 4.52 Å². The number of hydrogen-bond acceptors (Lipinski definition) is 5. The van der Waals surface area contributed by atoms with E-state index in [2.05, 4.69) is 20.8 Å². The SMILES string of the molecule is Cc1nc(CCNC(=O)N[C@@H](C(=O)O)C(C)(C)C)no1. The Balaban J connectivity index is 2.41. The molecule has 1 atom stereocenters. The van der Waals surface area contributed by atoms with E-state index >= 15 is 0 Å². The van der Waals surface area contributed by atoms with Crippen molar-refractivity contribution in [3.63, 3.8) is 0 Å².